The summed E-state index contributed by atoms with van der Waals surface area (Å²) in [5.41, 5.74) is 6.35. The van der Waals surface area contributed by atoms with E-state index < -0.39 is 9.73 Å². The second kappa shape index (κ2) is 5.89. The minimum absolute atomic E-state index is 0.581. The van der Waals surface area contributed by atoms with E-state index in [0.29, 0.717) is 17.1 Å². The Bertz CT molecular complexity index is 642. The summed E-state index contributed by atoms with van der Waals surface area (Å²) in [6.45, 7) is 2.61. The molecule has 0 aliphatic rings. The molecule has 0 aliphatic carbocycles. The maximum absolute atomic E-state index is 13.3. The Hall–Kier alpha value is -1.81. The van der Waals surface area contributed by atoms with Gasteiger partial charge in [0.15, 0.2) is 0 Å². The summed E-state index contributed by atoms with van der Waals surface area (Å²) in [5.74, 6) is 0. The zero-order valence-corrected chi connectivity index (χ0v) is 11.8. The minimum atomic E-state index is -2.56. The molecule has 0 saturated carbocycles. The third-order valence-electron chi connectivity index (χ3n) is 2.76. The number of nitrogens with zero attached hydrogens (tertiary/aromatic N) is 1. The van der Waals surface area contributed by atoms with E-state index in [0.717, 1.165) is 11.3 Å². The first-order chi connectivity index (χ1) is 9.16. The predicted octanol–water partition coefficient (Wildman–Crippen LogP) is 3.56. The summed E-state index contributed by atoms with van der Waals surface area (Å²) in [7, 11) is -2.56. The van der Waals surface area contributed by atoms with Crippen LogP contribution in [0.15, 0.2) is 68.8 Å². The monoisotopic (exact) mass is 274 g/mol. The van der Waals surface area contributed by atoms with Crippen LogP contribution in [0.4, 0.5) is 5.69 Å². The van der Waals surface area contributed by atoms with E-state index in [1.807, 2.05) is 37.3 Å². The summed E-state index contributed by atoms with van der Waals surface area (Å²) >= 11 is 0. The molecular weight excluding hydrogens is 256 g/mol. The molecule has 0 aliphatic heterocycles. The first-order valence-electron chi connectivity index (χ1n) is 6.30. The average Bonchev–Trinajstić information content (AvgIpc) is 2.46. The molecule has 19 heavy (non-hydrogen) atoms. The van der Waals surface area contributed by atoms with Crippen molar-refractivity contribution in [3.63, 3.8) is 0 Å². The normalized spacial score (nSPS) is 13.7. The standard InChI is InChI=1S/C15H18N2OS/c1-2-12-17-19(18,14-6-4-3-5-7-14)15-10-8-13(16)9-11-15/h3-11H,2,12,16H2,1H3/t19-/m1/s1. The van der Waals surface area contributed by atoms with Crippen molar-refractivity contribution in [3.05, 3.63) is 54.6 Å². The van der Waals surface area contributed by atoms with Gasteiger partial charge in [-0.2, -0.15) is 0 Å². The topological polar surface area (TPSA) is 55.5 Å². The van der Waals surface area contributed by atoms with Gasteiger partial charge < -0.3 is 5.73 Å². The summed E-state index contributed by atoms with van der Waals surface area (Å²) in [4.78, 5) is 1.45. The van der Waals surface area contributed by atoms with Crippen LogP contribution in [0.2, 0.25) is 0 Å². The molecule has 0 spiro atoms. The molecule has 0 aromatic heterocycles. The van der Waals surface area contributed by atoms with E-state index >= 15 is 0 Å². The van der Waals surface area contributed by atoms with Crippen LogP contribution in [0.1, 0.15) is 13.3 Å². The first-order valence-corrected chi connectivity index (χ1v) is 7.82. The summed E-state index contributed by atoms with van der Waals surface area (Å²) < 4.78 is 17.7. The molecule has 0 heterocycles. The SMILES string of the molecule is CCCN=[S@@](=O)(c1ccccc1)c1ccc(N)cc1. The maximum Gasteiger partial charge on any atom is 0.104 e. The number of hydrogen-bond donors (Lipinski definition) is 1. The van der Waals surface area contributed by atoms with Crippen LogP contribution in [0, 0.1) is 0 Å². The summed E-state index contributed by atoms with van der Waals surface area (Å²) in [6, 6.07) is 16.5. The quantitative estimate of drug-likeness (QED) is 0.867. The molecule has 3 nitrogen and oxygen atoms in total. The molecule has 1 atom stereocenters. The molecule has 2 aromatic rings. The molecule has 0 unspecified atom stereocenters. The van der Waals surface area contributed by atoms with Crippen LogP contribution in [0.3, 0.4) is 0 Å². The van der Waals surface area contributed by atoms with Gasteiger partial charge in [-0.3, -0.25) is 0 Å². The fourth-order valence-electron chi connectivity index (χ4n) is 1.76. The third kappa shape index (κ3) is 2.96. The average molecular weight is 274 g/mol. The highest BCUT2D eigenvalue weighted by atomic mass is 32.2. The van der Waals surface area contributed by atoms with Gasteiger partial charge in [-0.1, -0.05) is 25.1 Å². The van der Waals surface area contributed by atoms with Gasteiger partial charge in [-0.15, -0.1) is 0 Å². The zero-order valence-electron chi connectivity index (χ0n) is 11.0. The molecule has 0 amide bonds. The molecule has 0 radical (unpaired) electrons. The molecule has 2 rings (SSSR count). The van der Waals surface area contributed by atoms with E-state index in [-0.39, 0.29) is 0 Å². The Labute approximate surface area is 114 Å². The van der Waals surface area contributed by atoms with Crippen LogP contribution in [0.5, 0.6) is 0 Å². The molecular formula is C15H18N2OS. The van der Waals surface area contributed by atoms with Gasteiger partial charge in [0.25, 0.3) is 0 Å². The van der Waals surface area contributed by atoms with Gasteiger partial charge in [-0.05, 0) is 42.8 Å². The summed E-state index contributed by atoms with van der Waals surface area (Å²) in [6.07, 6.45) is 0.874. The molecule has 0 fully saturated rings. The fourth-order valence-corrected chi connectivity index (χ4v) is 3.80. The molecule has 4 heteroatoms. The lowest BCUT2D eigenvalue weighted by Crippen LogP contribution is -2.03. The Morgan fingerprint density at radius 3 is 2.16 bits per heavy atom. The highest BCUT2D eigenvalue weighted by Gasteiger charge is 2.14. The number of anilines is 1. The van der Waals surface area contributed by atoms with Gasteiger partial charge in [0, 0.05) is 12.2 Å². The van der Waals surface area contributed by atoms with Crippen molar-refractivity contribution in [1.82, 2.24) is 0 Å². The van der Waals surface area contributed by atoms with Gasteiger partial charge in [0.05, 0.1) is 9.79 Å². The van der Waals surface area contributed by atoms with Crippen LogP contribution >= 0.6 is 0 Å². The lowest BCUT2D eigenvalue weighted by atomic mass is 10.3. The fraction of sp³-hybridized carbons (Fsp3) is 0.200. The maximum atomic E-state index is 13.3. The second-order valence-corrected chi connectivity index (χ2v) is 6.51. The Balaban J connectivity index is 2.59. The second-order valence-electron chi connectivity index (χ2n) is 4.26. The molecule has 100 valence electrons. The highest BCUT2D eigenvalue weighted by molar-refractivity contribution is 7.93. The van der Waals surface area contributed by atoms with Gasteiger partial charge >= 0.3 is 0 Å². The van der Waals surface area contributed by atoms with Crippen molar-refractivity contribution < 1.29 is 4.21 Å². The van der Waals surface area contributed by atoms with Crippen molar-refractivity contribution in [2.45, 2.75) is 23.1 Å². The number of benzene rings is 2. The molecule has 0 bridgehead atoms. The van der Waals surface area contributed by atoms with E-state index in [9.17, 15) is 4.21 Å². The molecule has 0 saturated heterocycles. The third-order valence-corrected chi connectivity index (χ3v) is 5.13. The lowest BCUT2D eigenvalue weighted by Gasteiger charge is -2.11. The number of rotatable bonds is 4. The van der Waals surface area contributed by atoms with E-state index in [1.165, 1.54) is 0 Å². The van der Waals surface area contributed by atoms with Gasteiger partial charge in [0.2, 0.25) is 0 Å². The van der Waals surface area contributed by atoms with Crippen LogP contribution in [-0.4, -0.2) is 10.8 Å². The van der Waals surface area contributed by atoms with E-state index in [4.69, 9.17) is 5.73 Å². The minimum Gasteiger partial charge on any atom is -0.399 e. The number of nitrogen functional groups attached to an aromatic ring is 1. The molecule has 2 aromatic carbocycles. The molecule has 2 N–H and O–H groups in total. The van der Waals surface area contributed by atoms with E-state index in [1.54, 1.807) is 24.3 Å². The number of nitrogens with two attached hydrogens (primary N) is 1. The van der Waals surface area contributed by atoms with Crippen molar-refractivity contribution in [2.24, 2.45) is 4.36 Å². The smallest absolute Gasteiger partial charge is 0.104 e. The van der Waals surface area contributed by atoms with Crippen LogP contribution in [-0.2, 0) is 9.73 Å². The van der Waals surface area contributed by atoms with Crippen molar-refractivity contribution in [3.8, 4) is 0 Å². The van der Waals surface area contributed by atoms with Gasteiger partial charge in [-0.25, -0.2) is 8.57 Å². The van der Waals surface area contributed by atoms with Crippen molar-refractivity contribution >= 4 is 15.4 Å². The summed E-state index contributed by atoms with van der Waals surface area (Å²) in [5, 5.41) is 0. The van der Waals surface area contributed by atoms with Crippen LogP contribution < -0.4 is 5.73 Å². The van der Waals surface area contributed by atoms with Crippen LogP contribution in [0.25, 0.3) is 0 Å². The van der Waals surface area contributed by atoms with Crippen molar-refractivity contribution in [2.75, 3.05) is 12.3 Å². The zero-order chi connectivity index (χ0) is 13.7. The van der Waals surface area contributed by atoms with Gasteiger partial charge in [0.1, 0.15) is 9.73 Å². The Morgan fingerprint density at radius 1 is 1.00 bits per heavy atom. The first kappa shape index (κ1) is 13.6. The van der Waals surface area contributed by atoms with E-state index in [2.05, 4.69) is 4.36 Å². The van der Waals surface area contributed by atoms with Crippen molar-refractivity contribution in [1.29, 1.82) is 0 Å². The highest BCUT2D eigenvalue weighted by Crippen LogP contribution is 2.24. The predicted molar refractivity (Wildman–Crippen MR) is 79.6 cm³/mol. The lowest BCUT2D eigenvalue weighted by molar-refractivity contribution is 0.673. The number of hydrogen-bond acceptors (Lipinski definition) is 3. The largest absolute Gasteiger partial charge is 0.399 e. The Kier molecular flexibility index (Phi) is 4.22. The Morgan fingerprint density at radius 2 is 1.58 bits per heavy atom.